The van der Waals surface area contributed by atoms with Gasteiger partial charge in [0.1, 0.15) is 4.60 Å². The Balaban J connectivity index is 2.02. The van der Waals surface area contributed by atoms with Crippen molar-refractivity contribution in [2.45, 2.75) is 38.6 Å². The number of unbranched alkanes of at least 4 members (excludes halogenated alkanes) is 1. The van der Waals surface area contributed by atoms with Gasteiger partial charge in [-0.05, 0) is 35.2 Å². The Labute approximate surface area is 97.5 Å². The van der Waals surface area contributed by atoms with E-state index < -0.39 is 0 Å². The molecule has 0 unspecified atom stereocenters. The Morgan fingerprint density at radius 1 is 1.64 bits per heavy atom. The van der Waals surface area contributed by atoms with Gasteiger partial charge in [0.05, 0.1) is 0 Å². The van der Waals surface area contributed by atoms with Gasteiger partial charge in [0.2, 0.25) is 0 Å². The molecule has 2 nitrogen and oxygen atoms in total. The Morgan fingerprint density at radius 2 is 2.43 bits per heavy atom. The first-order chi connectivity index (χ1) is 6.81. The lowest BCUT2D eigenvalue weighted by molar-refractivity contribution is 0.710. The summed E-state index contributed by atoms with van der Waals surface area (Å²) in [6.07, 6.45) is 5.23. The van der Waals surface area contributed by atoms with Crippen molar-refractivity contribution in [2.75, 3.05) is 11.4 Å². The molecule has 78 valence electrons. The second-order valence-corrected chi connectivity index (χ2v) is 5.38. The molecule has 1 heterocycles. The summed E-state index contributed by atoms with van der Waals surface area (Å²) in [5.74, 6) is 0. The van der Waals surface area contributed by atoms with Gasteiger partial charge in [0, 0.05) is 18.0 Å². The summed E-state index contributed by atoms with van der Waals surface area (Å²) in [6, 6.07) is 0.777. The molecule has 1 aromatic heterocycles. The Kier molecular flexibility index (Phi) is 3.44. The molecule has 0 N–H and O–H groups in total. The van der Waals surface area contributed by atoms with E-state index in [9.17, 15) is 0 Å². The molecular formula is C10H15BrN2S. The number of nitrogens with zero attached hydrogens (tertiary/aromatic N) is 2. The fraction of sp³-hybridized carbons (Fsp3) is 0.700. The van der Waals surface area contributed by atoms with Crippen LogP contribution in [0.15, 0.2) is 9.98 Å². The van der Waals surface area contributed by atoms with E-state index in [-0.39, 0.29) is 0 Å². The highest BCUT2D eigenvalue weighted by Gasteiger charge is 2.30. The first-order valence-electron chi connectivity index (χ1n) is 5.19. The van der Waals surface area contributed by atoms with Crippen molar-refractivity contribution in [3.8, 4) is 0 Å². The van der Waals surface area contributed by atoms with Crippen LogP contribution in [0.25, 0.3) is 0 Å². The maximum atomic E-state index is 4.49. The molecule has 14 heavy (non-hydrogen) atoms. The predicted octanol–water partition coefficient (Wildman–Crippen LogP) is 3.67. The Morgan fingerprint density at radius 3 is 2.93 bits per heavy atom. The fourth-order valence-corrected chi connectivity index (χ4v) is 2.87. The van der Waals surface area contributed by atoms with Crippen LogP contribution in [-0.4, -0.2) is 17.6 Å². The van der Waals surface area contributed by atoms with E-state index in [0.29, 0.717) is 0 Å². The zero-order chi connectivity index (χ0) is 9.97. The second-order valence-electron chi connectivity index (χ2n) is 3.73. The van der Waals surface area contributed by atoms with E-state index in [0.717, 1.165) is 10.6 Å². The van der Waals surface area contributed by atoms with Gasteiger partial charge in [0.15, 0.2) is 5.13 Å². The van der Waals surface area contributed by atoms with Gasteiger partial charge in [-0.15, -0.1) is 11.3 Å². The Hall–Kier alpha value is -0.0900. The zero-order valence-corrected chi connectivity index (χ0v) is 10.8. The van der Waals surface area contributed by atoms with Gasteiger partial charge >= 0.3 is 0 Å². The van der Waals surface area contributed by atoms with E-state index in [2.05, 4.69) is 38.1 Å². The third-order valence-electron chi connectivity index (χ3n) is 2.45. The molecule has 1 saturated carbocycles. The van der Waals surface area contributed by atoms with Crippen LogP contribution in [0.4, 0.5) is 5.13 Å². The van der Waals surface area contributed by atoms with Crippen LogP contribution >= 0.6 is 27.3 Å². The fourth-order valence-electron chi connectivity index (χ4n) is 1.53. The van der Waals surface area contributed by atoms with Crippen LogP contribution in [0.2, 0.25) is 0 Å². The lowest BCUT2D eigenvalue weighted by Gasteiger charge is -2.20. The van der Waals surface area contributed by atoms with Crippen molar-refractivity contribution in [1.29, 1.82) is 0 Å². The maximum absolute atomic E-state index is 4.49. The molecule has 0 aliphatic heterocycles. The minimum Gasteiger partial charge on any atom is -0.345 e. The normalized spacial score (nSPS) is 15.9. The minimum absolute atomic E-state index is 0.777. The largest absolute Gasteiger partial charge is 0.345 e. The molecule has 4 heteroatoms. The molecule has 0 spiro atoms. The smallest absolute Gasteiger partial charge is 0.186 e. The van der Waals surface area contributed by atoms with Crippen molar-refractivity contribution >= 4 is 32.4 Å². The Bertz CT molecular complexity index is 296. The number of rotatable bonds is 5. The van der Waals surface area contributed by atoms with Gasteiger partial charge in [-0.3, -0.25) is 0 Å². The average molecular weight is 275 g/mol. The maximum Gasteiger partial charge on any atom is 0.186 e. The van der Waals surface area contributed by atoms with Gasteiger partial charge in [-0.25, -0.2) is 4.98 Å². The predicted molar refractivity (Wildman–Crippen MR) is 65.1 cm³/mol. The molecule has 1 aliphatic carbocycles. The summed E-state index contributed by atoms with van der Waals surface area (Å²) in [6.45, 7) is 3.41. The number of hydrogen-bond donors (Lipinski definition) is 0. The third kappa shape index (κ3) is 2.48. The number of anilines is 1. The van der Waals surface area contributed by atoms with E-state index in [1.807, 2.05) is 0 Å². The molecule has 0 bridgehead atoms. The van der Waals surface area contributed by atoms with Crippen molar-refractivity contribution in [3.63, 3.8) is 0 Å². The van der Waals surface area contributed by atoms with Gasteiger partial charge in [0.25, 0.3) is 0 Å². The molecule has 0 amide bonds. The first kappa shape index (κ1) is 10.4. The molecule has 1 aromatic rings. The summed E-state index contributed by atoms with van der Waals surface area (Å²) in [7, 11) is 0. The topological polar surface area (TPSA) is 16.1 Å². The SMILES string of the molecule is CCCCN(c1nc(Br)cs1)C1CC1. The van der Waals surface area contributed by atoms with Gasteiger partial charge in [-0.1, -0.05) is 13.3 Å². The van der Waals surface area contributed by atoms with Crippen LogP contribution < -0.4 is 4.90 Å². The number of aromatic nitrogens is 1. The van der Waals surface area contributed by atoms with Crippen molar-refractivity contribution < 1.29 is 0 Å². The molecule has 2 rings (SSSR count). The summed E-state index contributed by atoms with van der Waals surface area (Å²) in [5, 5.41) is 3.25. The lowest BCUT2D eigenvalue weighted by atomic mass is 10.3. The summed E-state index contributed by atoms with van der Waals surface area (Å²) in [4.78, 5) is 6.96. The van der Waals surface area contributed by atoms with Crippen LogP contribution in [0.1, 0.15) is 32.6 Å². The van der Waals surface area contributed by atoms with E-state index in [1.54, 1.807) is 11.3 Å². The van der Waals surface area contributed by atoms with Crippen molar-refractivity contribution in [2.24, 2.45) is 0 Å². The van der Waals surface area contributed by atoms with Crippen LogP contribution in [0.3, 0.4) is 0 Å². The molecule has 0 radical (unpaired) electrons. The molecule has 1 fully saturated rings. The van der Waals surface area contributed by atoms with Crippen molar-refractivity contribution in [1.82, 2.24) is 4.98 Å². The highest BCUT2D eigenvalue weighted by Crippen LogP contribution is 2.34. The minimum atomic E-state index is 0.777. The number of thiazole rings is 1. The average Bonchev–Trinajstić information content (AvgIpc) is 2.91. The standard InChI is InChI=1S/C10H15BrN2S/c1-2-3-6-13(8-4-5-8)10-12-9(11)7-14-10/h7-8H,2-6H2,1H3. The van der Waals surface area contributed by atoms with Crippen LogP contribution in [0, 0.1) is 0 Å². The quantitative estimate of drug-likeness (QED) is 0.815. The molecule has 0 saturated heterocycles. The molecule has 0 atom stereocenters. The second kappa shape index (κ2) is 4.62. The molecular weight excluding hydrogens is 260 g/mol. The monoisotopic (exact) mass is 274 g/mol. The number of halogens is 1. The van der Waals surface area contributed by atoms with Crippen molar-refractivity contribution in [3.05, 3.63) is 9.98 Å². The lowest BCUT2D eigenvalue weighted by Crippen LogP contribution is -2.26. The molecule has 1 aliphatic rings. The van der Waals surface area contributed by atoms with Gasteiger partial charge < -0.3 is 4.90 Å². The summed E-state index contributed by atoms with van der Waals surface area (Å²) in [5.41, 5.74) is 0. The van der Waals surface area contributed by atoms with Gasteiger partial charge in [-0.2, -0.15) is 0 Å². The van der Waals surface area contributed by atoms with Crippen LogP contribution in [-0.2, 0) is 0 Å². The highest BCUT2D eigenvalue weighted by molar-refractivity contribution is 9.10. The van der Waals surface area contributed by atoms with E-state index in [1.165, 1.54) is 37.4 Å². The molecule has 0 aromatic carbocycles. The van der Waals surface area contributed by atoms with Crippen LogP contribution in [0.5, 0.6) is 0 Å². The highest BCUT2D eigenvalue weighted by atomic mass is 79.9. The summed E-state index contributed by atoms with van der Waals surface area (Å²) >= 11 is 5.16. The number of hydrogen-bond acceptors (Lipinski definition) is 3. The zero-order valence-electron chi connectivity index (χ0n) is 8.37. The van der Waals surface area contributed by atoms with E-state index >= 15 is 0 Å². The first-order valence-corrected chi connectivity index (χ1v) is 6.86. The summed E-state index contributed by atoms with van der Waals surface area (Å²) < 4.78 is 0.972. The third-order valence-corrected chi connectivity index (χ3v) is 4.04. The van der Waals surface area contributed by atoms with E-state index in [4.69, 9.17) is 0 Å².